The lowest BCUT2D eigenvalue weighted by molar-refractivity contribution is -0.571. The van der Waals surface area contributed by atoms with Crippen LogP contribution in [0.1, 0.15) is 79.0 Å². The molecule has 0 fully saturated rings. The average molecular weight is 849 g/mol. The van der Waals surface area contributed by atoms with Gasteiger partial charge in [0.25, 0.3) is 6.33 Å². The first-order valence-corrected chi connectivity index (χ1v) is 22.7. The third-order valence-electron chi connectivity index (χ3n) is 12.7. The van der Waals surface area contributed by atoms with Crippen LogP contribution in [0, 0.1) is 6.33 Å². The standard InChI is InChI=1S/C60H56N4O/c1-58(2,3)43-25-22-41(23-26-43)49-29-27-44(59(4,5)6)35-55(49)63-39-62(53-20-13-14-21-54(53)63)46-18-15-19-47(37-46)65-48-28-30-50-51-34-42(40-16-11-10-12-17-40)24-31-52(51)64(56(50)38-48)57-36-45(32-33-61-57)60(7,8)9/h10-38H,1-9H3. The Morgan fingerprint density at radius 2 is 1.15 bits per heavy atom. The first-order valence-electron chi connectivity index (χ1n) is 22.7. The smallest absolute Gasteiger partial charge is 0.269 e. The van der Waals surface area contributed by atoms with Crippen LogP contribution in [0.4, 0.5) is 0 Å². The number of aromatic nitrogens is 4. The van der Waals surface area contributed by atoms with Crippen molar-refractivity contribution in [3.63, 3.8) is 0 Å². The van der Waals surface area contributed by atoms with Gasteiger partial charge in [0, 0.05) is 23.0 Å². The van der Waals surface area contributed by atoms with Gasteiger partial charge in [-0.3, -0.25) is 13.7 Å². The number of pyridine rings is 1. The van der Waals surface area contributed by atoms with Crippen LogP contribution in [0.15, 0.2) is 176 Å². The van der Waals surface area contributed by atoms with Crippen LogP contribution in [0.25, 0.3) is 72.3 Å². The minimum absolute atomic E-state index is 0.0327. The van der Waals surface area contributed by atoms with Crippen LogP contribution >= 0.6 is 0 Å². The second kappa shape index (κ2) is 15.8. The van der Waals surface area contributed by atoms with E-state index in [4.69, 9.17) is 9.72 Å². The topological polar surface area (TPSA) is 35.9 Å². The van der Waals surface area contributed by atoms with E-state index in [1.165, 1.54) is 38.8 Å². The first-order chi connectivity index (χ1) is 31.1. The summed E-state index contributed by atoms with van der Waals surface area (Å²) in [5, 5.41) is 2.30. The van der Waals surface area contributed by atoms with Gasteiger partial charge < -0.3 is 4.74 Å². The van der Waals surface area contributed by atoms with Gasteiger partial charge in [-0.15, -0.1) is 0 Å². The Labute approximate surface area is 383 Å². The van der Waals surface area contributed by atoms with E-state index in [1.807, 2.05) is 12.3 Å². The molecule has 0 unspecified atom stereocenters. The molecule has 322 valence electrons. The summed E-state index contributed by atoms with van der Waals surface area (Å²) in [5.41, 5.74) is 14.8. The summed E-state index contributed by atoms with van der Waals surface area (Å²) in [7, 11) is 0. The van der Waals surface area contributed by atoms with Crippen molar-refractivity contribution in [1.82, 2.24) is 14.1 Å². The minimum atomic E-state index is -0.0383. The average Bonchev–Trinajstić information content (AvgIpc) is 3.84. The zero-order chi connectivity index (χ0) is 45.3. The second-order valence-electron chi connectivity index (χ2n) is 20.4. The molecule has 7 aromatic carbocycles. The maximum Gasteiger partial charge on any atom is 0.269 e. The largest absolute Gasteiger partial charge is 0.458 e. The van der Waals surface area contributed by atoms with Crippen LogP contribution in [0.2, 0.25) is 0 Å². The third kappa shape index (κ3) is 7.90. The summed E-state index contributed by atoms with van der Waals surface area (Å²) in [6.45, 7) is 20.3. The molecule has 5 heteroatoms. The van der Waals surface area contributed by atoms with Gasteiger partial charge in [0.2, 0.25) is 0 Å². The Morgan fingerprint density at radius 1 is 0.477 bits per heavy atom. The number of rotatable bonds is 7. The molecule has 0 saturated carbocycles. The summed E-state index contributed by atoms with van der Waals surface area (Å²) in [4.78, 5) is 4.95. The van der Waals surface area contributed by atoms with E-state index in [1.54, 1.807) is 0 Å². The maximum atomic E-state index is 6.81. The lowest BCUT2D eigenvalue weighted by Gasteiger charge is -2.23. The number of benzene rings is 7. The Balaban J connectivity index is 1.07. The zero-order valence-corrected chi connectivity index (χ0v) is 38.9. The van der Waals surface area contributed by atoms with Gasteiger partial charge in [-0.25, -0.2) is 4.98 Å². The first kappa shape index (κ1) is 41.8. The molecule has 0 saturated heterocycles. The fourth-order valence-corrected chi connectivity index (χ4v) is 8.96. The Bertz CT molecular complexity index is 3390. The number of hydrogen-bond acceptors (Lipinski definition) is 2. The molecule has 5 nitrogen and oxygen atoms in total. The third-order valence-corrected chi connectivity index (χ3v) is 12.7. The summed E-state index contributed by atoms with van der Waals surface area (Å²) in [6, 6.07) is 60.9. The second-order valence-corrected chi connectivity index (χ2v) is 20.4. The summed E-state index contributed by atoms with van der Waals surface area (Å²) >= 11 is 0. The van der Waals surface area contributed by atoms with E-state index in [-0.39, 0.29) is 16.2 Å². The molecule has 0 spiro atoms. The van der Waals surface area contributed by atoms with Crippen LogP contribution < -0.4 is 9.30 Å². The van der Waals surface area contributed by atoms with E-state index in [0.29, 0.717) is 0 Å². The van der Waals surface area contributed by atoms with Crippen LogP contribution in [0.5, 0.6) is 11.5 Å². The minimum Gasteiger partial charge on any atom is -0.458 e. The Kier molecular flexibility index (Phi) is 10.1. The van der Waals surface area contributed by atoms with Crippen molar-refractivity contribution in [3.8, 4) is 50.9 Å². The van der Waals surface area contributed by atoms with E-state index in [2.05, 4.69) is 246 Å². The molecule has 0 aliphatic carbocycles. The molecule has 0 atom stereocenters. The van der Waals surface area contributed by atoms with Gasteiger partial charge in [0.1, 0.15) is 17.3 Å². The van der Waals surface area contributed by atoms with Gasteiger partial charge >= 0.3 is 0 Å². The molecule has 3 heterocycles. The highest BCUT2D eigenvalue weighted by molar-refractivity contribution is 6.10. The van der Waals surface area contributed by atoms with Crippen molar-refractivity contribution < 1.29 is 9.30 Å². The quantitative estimate of drug-likeness (QED) is 0.118. The predicted molar refractivity (Wildman–Crippen MR) is 269 cm³/mol. The van der Waals surface area contributed by atoms with Gasteiger partial charge in [-0.2, -0.15) is 0 Å². The number of hydrogen-bond donors (Lipinski definition) is 0. The highest BCUT2D eigenvalue weighted by Gasteiger charge is 2.23. The molecule has 0 bridgehead atoms. The SMILES string of the molecule is CC(C)(C)c1ccc(-c2ccc(C(C)(C)C)cc2-[n+]2[c-]n(-c3cccc(Oc4ccc5c6cc(-c7ccccc7)ccc6n(-c6cc(C(C)(C)C)ccn6)c5c4)c3)c3ccccc32)cc1. The number of fused-ring (bicyclic) bond motifs is 4. The monoisotopic (exact) mass is 848 g/mol. The molecule has 0 radical (unpaired) electrons. The predicted octanol–water partition coefficient (Wildman–Crippen LogP) is 15.2. The van der Waals surface area contributed by atoms with Gasteiger partial charge in [-0.05, 0) is 116 Å². The highest BCUT2D eigenvalue weighted by atomic mass is 16.5. The van der Waals surface area contributed by atoms with Gasteiger partial charge in [0.05, 0.1) is 33.4 Å². The molecule has 0 aliphatic rings. The molecular weight excluding hydrogens is 793 g/mol. The molecule has 0 aliphatic heterocycles. The number of imidazole rings is 1. The van der Waals surface area contributed by atoms with E-state index in [9.17, 15) is 0 Å². The van der Waals surface area contributed by atoms with E-state index < -0.39 is 0 Å². The molecule has 65 heavy (non-hydrogen) atoms. The van der Waals surface area contributed by atoms with Crippen molar-refractivity contribution in [3.05, 3.63) is 199 Å². The van der Waals surface area contributed by atoms with Crippen LogP contribution in [-0.2, 0) is 16.2 Å². The van der Waals surface area contributed by atoms with Crippen LogP contribution in [0.3, 0.4) is 0 Å². The van der Waals surface area contributed by atoms with E-state index in [0.717, 1.165) is 61.7 Å². The maximum absolute atomic E-state index is 6.81. The zero-order valence-electron chi connectivity index (χ0n) is 38.9. The lowest BCUT2D eigenvalue weighted by Crippen LogP contribution is -2.31. The number of para-hydroxylation sites is 2. The highest BCUT2D eigenvalue weighted by Crippen LogP contribution is 2.39. The van der Waals surface area contributed by atoms with Crippen molar-refractivity contribution in [2.45, 2.75) is 78.6 Å². The fraction of sp³-hybridized carbons (Fsp3) is 0.200. The molecule has 0 amide bonds. The Morgan fingerprint density at radius 3 is 1.91 bits per heavy atom. The molecule has 10 aromatic rings. The molecule has 10 rings (SSSR count). The van der Waals surface area contributed by atoms with Crippen molar-refractivity contribution in [2.75, 3.05) is 0 Å². The normalized spacial score (nSPS) is 12.4. The van der Waals surface area contributed by atoms with Crippen molar-refractivity contribution in [1.29, 1.82) is 0 Å². The van der Waals surface area contributed by atoms with Crippen LogP contribution in [-0.4, -0.2) is 14.1 Å². The molecule has 3 aromatic heterocycles. The van der Waals surface area contributed by atoms with Crippen molar-refractivity contribution in [2.24, 2.45) is 0 Å². The number of ether oxygens (including phenoxy) is 1. The summed E-state index contributed by atoms with van der Waals surface area (Å²) < 4.78 is 13.5. The Hall–Kier alpha value is -7.24. The fourth-order valence-electron chi connectivity index (χ4n) is 8.96. The van der Waals surface area contributed by atoms with Crippen molar-refractivity contribution >= 4 is 32.8 Å². The molecular formula is C60H56N4O. The van der Waals surface area contributed by atoms with E-state index >= 15 is 0 Å². The van der Waals surface area contributed by atoms with Gasteiger partial charge in [-0.1, -0.05) is 165 Å². The lowest BCUT2D eigenvalue weighted by atomic mass is 9.84. The van der Waals surface area contributed by atoms with Gasteiger partial charge in [0.15, 0.2) is 0 Å². The summed E-state index contributed by atoms with van der Waals surface area (Å²) in [6.07, 6.45) is 5.73. The molecule has 0 N–H and O–H groups in total. The summed E-state index contributed by atoms with van der Waals surface area (Å²) in [5.74, 6) is 2.35. The number of nitrogens with zero attached hydrogens (tertiary/aromatic N) is 4.